The number of primary amides is 1. The van der Waals surface area contributed by atoms with E-state index in [9.17, 15) is 41.2 Å². The van der Waals surface area contributed by atoms with Crippen LogP contribution < -0.4 is 16.6 Å². The molecule has 1 aromatic carbocycles. The van der Waals surface area contributed by atoms with Gasteiger partial charge in [0.25, 0.3) is 17.1 Å². The highest BCUT2D eigenvalue weighted by atomic mass is 32.1. The molecule has 1 atom stereocenters. The van der Waals surface area contributed by atoms with Gasteiger partial charge in [-0.1, -0.05) is 44.3 Å². The minimum atomic E-state index is -2.36. The number of nitrogens with zero attached hydrogens (tertiary/aromatic N) is 2. The van der Waals surface area contributed by atoms with Crippen LogP contribution in [0.1, 0.15) is 67.2 Å². The number of halogens is 5. The fourth-order valence-electron chi connectivity index (χ4n) is 4.51. The summed E-state index contributed by atoms with van der Waals surface area (Å²) in [6, 6.07) is -0.0971. The van der Waals surface area contributed by atoms with E-state index in [0.717, 1.165) is 32.2 Å². The molecule has 2 heterocycles. The van der Waals surface area contributed by atoms with E-state index in [4.69, 9.17) is 0 Å². The van der Waals surface area contributed by atoms with Crippen molar-refractivity contribution in [2.75, 3.05) is 19.6 Å². The number of amides is 4. The number of hydrogen-bond acceptors (Lipinski definition) is 5. The van der Waals surface area contributed by atoms with Crippen LogP contribution in [-0.4, -0.2) is 64.1 Å². The predicted molar refractivity (Wildman–Crippen MR) is 130 cm³/mol. The molecule has 2 saturated heterocycles. The van der Waals surface area contributed by atoms with Gasteiger partial charge in [-0.3, -0.25) is 24.5 Å². The van der Waals surface area contributed by atoms with Crippen molar-refractivity contribution in [3.8, 4) is 0 Å². The van der Waals surface area contributed by atoms with Crippen molar-refractivity contribution in [1.29, 1.82) is 0 Å². The Morgan fingerprint density at radius 1 is 1.08 bits per heavy atom. The molecular formula is C23H30F5N5O4S. The molecule has 0 aliphatic carbocycles. The highest BCUT2D eigenvalue weighted by Gasteiger charge is 2.52. The van der Waals surface area contributed by atoms with E-state index in [0.29, 0.717) is 18.6 Å². The zero-order valence-electron chi connectivity index (χ0n) is 21.0. The molecule has 2 aliphatic heterocycles. The van der Waals surface area contributed by atoms with Gasteiger partial charge in [-0.2, -0.15) is 5.54 Å². The topological polar surface area (TPSA) is 125 Å². The second-order valence-corrected chi connectivity index (χ2v) is 9.69. The van der Waals surface area contributed by atoms with E-state index >= 15 is 0 Å². The van der Waals surface area contributed by atoms with E-state index in [1.165, 1.54) is 0 Å². The van der Waals surface area contributed by atoms with Crippen LogP contribution in [0.4, 0.5) is 26.8 Å². The molecule has 3 rings (SSSR count). The molecule has 212 valence electrons. The summed E-state index contributed by atoms with van der Waals surface area (Å²) in [5.74, 6) is -12.3. The van der Waals surface area contributed by atoms with Gasteiger partial charge in [0.2, 0.25) is 5.91 Å². The standard InChI is InChI=1S/C15H27N3O2S.C8H3F5N2O2/c1-4-5-8-18-13(19)12(11(2)3)16-15(18)6-9-17(10-7-15)14(20)21;9-3-1(7(14)16)2(8(17)15-13)4(10)6(12)5(3)11/h11-12,16H,4-10H2,1-3H3,(H,20,21);(H2,14,16)(H,15,17). The van der Waals surface area contributed by atoms with Crippen molar-refractivity contribution in [2.24, 2.45) is 11.7 Å². The summed E-state index contributed by atoms with van der Waals surface area (Å²) in [6.07, 6.45) is 3.68. The molecule has 0 aromatic heterocycles. The number of rotatable bonds is 6. The van der Waals surface area contributed by atoms with Gasteiger partial charge in [-0.05, 0) is 12.3 Å². The average Bonchev–Trinajstić information content (AvgIpc) is 3.14. The Morgan fingerprint density at radius 2 is 1.61 bits per heavy atom. The first-order chi connectivity index (χ1) is 17.7. The van der Waals surface area contributed by atoms with E-state index in [2.05, 4.69) is 44.5 Å². The Bertz CT molecular complexity index is 1100. The number of nitrogens with one attached hydrogen (secondary N) is 2. The quantitative estimate of drug-likeness (QED) is 0.138. The second-order valence-electron chi connectivity index (χ2n) is 9.30. The molecule has 38 heavy (non-hydrogen) atoms. The highest BCUT2D eigenvalue weighted by molar-refractivity contribution is 7.96. The van der Waals surface area contributed by atoms with Crippen LogP contribution >= 0.6 is 12.6 Å². The van der Waals surface area contributed by atoms with E-state index in [-0.39, 0.29) is 28.8 Å². The van der Waals surface area contributed by atoms with Crippen LogP contribution in [0.2, 0.25) is 0 Å². The Morgan fingerprint density at radius 3 is 2.03 bits per heavy atom. The molecule has 2 aliphatic rings. The molecule has 1 aromatic rings. The lowest BCUT2D eigenvalue weighted by atomic mass is 9.95. The number of thiol groups is 1. The summed E-state index contributed by atoms with van der Waals surface area (Å²) >= 11 is 3.91. The SMILES string of the molecule is CCCCN1C(=O)C(C(C)C)NC12CCN(C(=O)S)CC2.NC(=O)c1c(F)c(F)c(F)c(F)c1C(=O)NF. The zero-order valence-corrected chi connectivity index (χ0v) is 21.9. The van der Waals surface area contributed by atoms with Crippen LogP contribution in [0.5, 0.6) is 0 Å². The van der Waals surface area contributed by atoms with Crippen molar-refractivity contribution in [3.63, 3.8) is 0 Å². The van der Waals surface area contributed by atoms with Gasteiger partial charge in [0.05, 0.1) is 22.8 Å². The van der Waals surface area contributed by atoms with Crippen molar-refractivity contribution in [1.82, 2.24) is 20.7 Å². The smallest absolute Gasteiger partial charge is 0.282 e. The molecule has 1 spiro atoms. The fraction of sp³-hybridized carbons (Fsp3) is 0.565. The first-order valence-electron chi connectivity index (χ1n) is 11.9. The van der Waals surface area contributed by atoms with Gasteiger partial charge in [0, 0.05) is 32.5 Å². The number of carbonyl (C=O) groups is 4. The zero-order chi connectivity index (χ0) is 28.9. The van der Waals surface area contributed by atoms with Crippen LogP contribution in [0.25, 0.3) is 0 Å². The summed E-state index contributed by atoms with van der Waals surface area (Å²) in [6.45, 7) is 8.44. The molecular weight excluding hydrogens is 537 g/mol. The van der Waals surface area contributed by atoms with Gasteiger partial charge in [0.15, 0.2) is 23.3 Å². The lowest BCUT2D eigenvalue weighted by Gasteiger charge is -2.44. The van der Waals surface area contributed by atoms with Crippen LogP contribution in [-0.2, 0) is 4.79 Å². The predicted octanol–water partition coefficient (Wildman–Crippen LogP) is 3.04. The summed E-state index contributed by atoms with van der Waals surface area (Å²) in [5.41, 5.74) is 1.43. The van der Waals surface area contributed by atoms with E-state index < -0.39 is 46.2 Å². The van der Waals surface area contributed by atoms with Crippen molar-refractivity contribution < 1.29 is 41.2 Å². The van der Waals surface area contributed by atoms with E-state index in [1.54, 1.807) is 4.90 Å². The lowest BCUT2D eigenvalue weighted by Crippen LogP contribution is -2.59. The maximum atomic E-state index is 13.1. The first kappa shape index (κ1) is 31.3. The summed E-state index contributed by atoms with van der Waals surface area (Å²) in [5, 5.41) is 3.42. The van der Waals surface area contributed by atoms with Crippen LogP contribution in [0.15, 0.2) is 0 Å². The lowest BCUT2D eigenvalue weighted by molar-refractivity contribution is -0.133. The first-order valence-corrected chi connectivity index (χ1v) is 12.3. The van der Waals surface area contributed by atoms with Crippen molar-refractivity contribution in [3.05, 3.63) is 34.4 Å². The number of unbranched alkanes of at least 4 members (excludes halogenated alkanes) is 1. The maximum absolute atomic E-state index is 13.1. The molecule has 0 bridgehead atoms. The molecule has 15 heteroatoms. The van der Waals surface area contributed by atoms with Gasteiger partial charge < -0.3 is 15.5 Å². The highest BCUT2D eigenvalue weighted by Crippen LogP contribution is 2.34. The minimum Gasteiger partial charge on any atom is -0.365 e. The molecule has 4 N–H and O–H groups in total. The Kier molecular flexibility index (Phi) is 10.5. The van der Waals surface area contributed by atoms with Crippen LogP contribution in [0, 0.1) is 29.2 Å². The average molecular weight is 568 g/mol. The summed E-state index contributed by atoms with van der Waals surface area (Å²) < 4.78 is 63.4. The summed E-state index contributed by atoms with van der Waals surface area (Å²) in [7, 11) is 0. The Balaban J connectivity index is 0.000000273. The molecule has 9 nitrogen and oxygen atoms in total. The molecule has 0 radical (unpaired) electrons. The fourth-order valence-corrected chi connectivity index (χ4v) is 4.71. The minimum absolute atomic E-state index is 0.0971. The van der Waals surface area contributed by atoms with Gasteiger partial charge in [-0.25, -0.2) is 17.6 Å². The summed E-state index contributed by atoms with van der Waals surface area (Å²) in [4.78, 5) is 49.4. The number of likely N-dealkylation sites (tertiary alicyclic amines) is 1. The Labute approximate surface area is 221 Å². The number of carbonyl (C=O) groups excluding carboxylic acids is 4. The second kappa shape index (κ2) is 12.7. The van der Waals surface area contributed by atoms with Gasteiger partial charge in [0.1, 0.15) is 0 Å². The normalized spacial score (nSPS) is 18.5. The Hall–Kier alpha value is -2.94. The largest absolute Gasteiger partial charge is 0.365 e. The third-order valence-electron chi connectivity index (χ3n) is 6.56. The molecule has 2 fully saturated rings. The monoisotopic (exact) mass is 567 g/mol. The third kappa shape index (κ3) is 6.20. The van der Waals surface area contributed by atoms with Crippen molar-refractivity contribution in [2.45, 2.75) is 58.2 Å². The van der Waals surface area contributed by atoms with E-state index in [1.807, 2.05) is 4.90 Å². The van der Waals surface area contributed by atoms with Gasteiger partial charge >= 0.3 is 0 Å². The number of nitrogens with two attached hydrogens (primary N) is 1. The van der Waals surface area contributed by atoms with Crippen LogP contribution in [0.3, 0.4) is 0 Å². The molecule has 1 unspecified atom stereocenters. The maximum Gasteiger partial charge on any atom is 0.282 e. The number of benzene rings is 1. The molecule has 4 amide bonds. The third-order valence-corrected chi connectivity index (χ3v) is 6.85. The van der Waals surface area contributed by atoms with Gasteiger partial charge in [-0.15, -0.1) is 0 Å². The number of piperidine rings is 1. The van der Waals surface area contributed by atoms with Crippen molar-refractivity contribution >= 4 is 35.6 Å². The number of hydrogen-bond donors (Lipinski definition) is 4. The molecule has 0 saturated carbocycles.